The SMILES string of the molecule is CCCCCCCCN1CCN(C(=O)O)C(C)C1. The predicted molar refractivity (Wildman–Crippen MR) is 74.0 cm³/mol. The van der Waals surface area contributed by atoms with Gasteiger partial charge in [0.1, 0.15) is 0 Å². The van der Waals surface area contributed by atoms with Crippen molar-refractivity contribution in [1.29, 1.82) is 0 Å². The van der Waals surface area contributed by atoms with Crippen molar-refractivity contribution in [3.05, 3.63) is 0 Å². The molecule has 106 valence electrons. The number of piperazine rings is 1. The Morgan fingerprint density at radius 2 is 1.83 bits per heavy atom. The van der Waals surface area contributed by atoms with Crippen LogP contribution in [-0.4, -0.2) is 53.2 Å². The highest BCUT2D eigenvalue weighted by molar-refractivity contribution is 5.65. The maximum absolute atomic E-state index is 10.9. The minimum atomic E-state index is -0.776. The van der Waals surface area contributed by atoms with Crippen LogP contribution in [0.3, 0.4) is 0 Å². The van der Waals surface area contributed by atoms with Crippen molar-refractivity contribution in [1.82, 2.24) is 9.80 Å². The number of carbonyl (C=O) groups is 1. The number of carboxylic acid groups (broad SMARTS) is 1. The molecule has 0 radical (unpaired) electrons. The lowest BCUT2D eigenvalue weighted by Crippen LogP contribution is -2.53. The third kappa shape index (κ3) is 5.25. The van der Waals surface area contributed by atoms with Gasteiger partial charge in [-0.3, -0.25) is 4.90 Å². The molecule has 0 aromatic heterocycles. The first-order valence-corrected chi connectivity index (χ1v) is 7.37. The van der Waals surface area contributed by atoms with E-state index in [0.717, 1.165) is 19.6 Å². The molecule has 1 aliphatic rings. The average molecular weight is 256 g/mol. The molecule has 1 N–H and O–H groups in total. The fourth-order valence-electron chi connectivity index (χ4n) is 2.64. The van der Waals surface area contributed by atoms with E-state index >= 15 is 0 Å². The van der Waals surface area contributed by atoms with Crippen LogP contribution in [-0.2, 0) is 0 Å². The van der Waals surface area contributed by atoms with Crippen LogP contribution in [0.25, 0.3) is 0 Å². The van der Waals surface area contributed by atoms with Gasteiger partial charge >= 0.3 is 6.09 Å². The molecular formula is C14H28N2O2. The van der Waals surface area contributed by atoms with Crippen molar-refractivity contribution in [2.45, 2.75) is 58.4 Å². The molecule has 1 fully saturated rings. The highest BCUT2D eigenvalue weighted by Crippen LogP contribution is 2.11. The summed E-state index contributed by atoms with van der Waals surface area (Å²) in [6, 6.07) is 0.136. The summed E-state index contributed by atoms with van der Waals surface area (Å²) >= 11 is 0. The van der Waals surface area contributed by atoms with Gasteiger partial charge in [0.05, 0.1) is 0 Å². The largest absolute Gasteiger partial charge is 0.465 e. The standard InChI is InChI=1S/C14H28N2O2/c1-3-4-5-6-7-8-9-15-10-11-16(14(17)18)13(2)12-15/h13H,3-12H2,1-2H3,(H,17,18). The van der Waals surface area contributed by atoms with Gasteiger partial charge in [-0.05, 0) is 19.9 Å². The summed E-state index contributed by atoms with van der Waals surface area (Å²) in [7, 11) is 0. The smallest absolute Gasteiger partial charge is 0.407 e. The van der Waals surface area contributed by atoms with Crippen LogP contribution in [0.5, 0.6) is 0 Å². The number of rotatable bonds is 7. The Morgan fingerprint density at radius 1 is 1.17 bits per heavy atom. The van der Waals surface area contributed by atoms with Gasteiger partial charge in [-0.1, -0.05) is 39.0 Å². The highest BCUT2D eigenvalue weighted by atomic mass is 16.4. The number of unbranched alkanes of at least 4 members (excludes halogenated alkanes) is 5. The van der Waals surface area contributed by atoms with Gasteiger partial charge in [-0.25, -0.2) is 4.79 Å². The van der Waals surface area contributed by atoms with Crippen LogP contribution >= 0.6 is 0 Å². The molecule has 0 saturated carbocycles. The van der Waals surface area contributed by atoms with Gasteiger partial charge in [0.15, 0.2) is 0 Å². The van der Waals surface area contributed by atoms with Crippen molar-refractivity contribution in [2.24, 2.45) is 0 Å². The zero-order chi connectivity index (χ0) is 13.4. The molecule has 0 aromatic rings. The number of amides is 1. The van der Waals surface area contributed by atoms with E-state index < -0.39 is 6.09 Å². The Balaban J connectivity index is 2.09. The zero-order valence-electron chi connectivity index (χ0n) is 11.9. The summed E-state index contributed by atoms with van der Waals surface area (Å²) in [6.45, 7) is 7.81. The van der Waals surface area contributed by atoms with E-state index in [1.807, 2.05) is 6.92 Å². The summed E-state index contributed by atoms with van der Waals surface area (Å²) in [5.74, 6) is 0. The molecule has 1 amide bonds. The molecule has 4 heteroatoms. The van der Waals surface area contributed by atoms with Crippen LogP contribution in [0.2, 0.25) is 0 Å². The first-order valence-electron chi connectivity index (χ1n) is 7.37. The molecule has 4 nitrogen and oxygen atoms in total. The minimum Gasteiger partial charge on any atom is -0.465 e. The second kappa shape index (κ2) is 8.35. The van der Waals surface area contributed by atoms with Gasteiger partial charge in [0.2, 0.25) is 0 Å². The zero-order valence-corrected chi connectivity index (χ0v) is 11.9. The van der Waals surface area contributed by atoms with E-state index in [9.17, 15) is 4.79 Å². The molecule has 18 heavy (non-hydrogen) atoms. The van der Waals surface area contributed by atoms with Crippen molar-refractivity contribution in [3.63, 3.8) is 0 Å². The van der Waals surface area contributed by atoms with Crippen LogP contribution in [0.1, 0.15) is 52.4 Å². The van der Waals surface area contributed by atoms with Gasteiger partial charge in [-0.15, -0.1) is 0 Å². The van der Waals surface area contributed by atoms with Crippen LogP contribution in [0.15, 0.2) is 0 Å². The Bertz CT molecular complexity index is 246. The lowest BCUT2D eigenvalue weighted by molar-refractivity contribution is 0.0734. The molecule has 1 rings (SSSR count). The third-order valence-electron chi connectivity index (χ3n) is 3.79. The second-order valence-corrected chi connectivity index (χ2v) is 5.39. The Hall–Kier alpha value is -0.770. The second-order valence-electron chi connectivity index (χ2n) is 5.39. The topological polar surface area (TPSA) is 43.8 Å². The number of hydrogen-bond donors (Lipinski definition) is 1. The molecule has 0 spiro atoms. The molecule has 1 aliphatic heterocycles. The van der Waals surface area contributed by atoms with E-state index in [2.05, 4.69) is 11.8 Å². The Labute approximate surface area is 111 Å². The normalized spacial score (nSPS) is 21.2. The first kappa shape index (κ1) is 15.3. The fourth-order valence-corrected chi connectivity index (χ4v) is 2.64. The lowest BCUT2D eigenvalue weighted by Gasteiger charge is -2.38. The first-order chi connectivity index (χ1) is 8.65. The molecule has 0 aliphatic carbocycles. The minimum absolute atomic E-state index is 0.136. The van der Waals surface area contributed by atoms with Crippen molar-refractivity contribution in [3.8, 4) is 0 Å². The van der Waals surface area contributed by atoms with Gasteiger partial charge in [-0.2, -0.15) is 0 Å². The summed E-state index contributed by atoms with van der Waals surface area (Å²) in [5.41, 5.74) is 0. The fraction of sp³-hybridized carbons (Fsp3) is 0.929. The number of nitrogens with zero attached hydrogens (tertiary/aromatic N) is 2. The monoisotopic (exact) mass is 256 g/mol. The van der Waals surface area contributed by atoms with Crippen molar-refractivity contribution >= 4 is 6.09 Å². The van der Waals surface area contributed by atoms with Crippen LogP contribution in [0.4, 0.5) is 4.79 Å². The Kier molecular flexibility index (Phi) is 7.09. The Morgan fingerprint density at radius 3 is 2.44 bits per heavy atom. The average Bonchev–Trinajstić information content (AvgIpc) is 2.33. The van der Waals surface area contributed by atoms with E-state index in [1.54, 1.807) is 4.90 Å². The number of hydrogen-bond acceptors (Lipinski definition) is 2. The maximum Gasteiger partial charge on any atom is 0.407 e. The summed E-state index contributed by atoms with van der Waals surface area (Å²) in [5, 5.41) is 9.00. The molecule has 1 unspecified atom stereocenters. The van der Waals surface area contributed by atoms with Gasteiger partial charge in [0.25, 0.3) is 0 Å². The van der Waals surface area contributed by atoms with E-state index in [1.165, 1.54) is 38.5 Å². The quantitative estimate of drug-likeness (QED) is 0.712. The molecule has 1 saturated heterocycles. The lowest BCUT2D eigenvalue weighted by atomic mass is 10.1. The molecule has 1 heterocycles. The summed E-state index contributed by atoms with van der Waals surface area (Å²) in [4.78, 5) is 14.9. The molecular weight excluding hydrogens is 228 g/mol. The van der Waals surface area contributed by atoms with Crippen molar-refractivity contribution < 1.29 is 9.90 Å². The van der Waals surface area contributed by atoms with Crippen LogP contribution in [0, 0.1) is 0 Å². The predicted octanol–water partition coefficient (Wildman–Crippen LogP) is 3.03. The molecule has 1 atom stereocenters. The third-order valence-corrected chi connectivity index (χ3v) is 3.79. The molecule has 0 bridgehead atoms. The maximum atomic E-state index is 10.9. The summed E-state index contributed by atoms with van der Waals surface area (Å²) < 4.78 is 0. The van der Waals surface area contributed by atoms with Crippen LogP contribution < -0.4 is 0 Å². The van der Waals surface area contributed by atoms with Crippen molar-refractivity contribution in [2.75, 3.05) is 26.2 Å². The summed E-state index contributed by atoms with van der Waals surface area (Å²) in [6.07, 6.45) is 7.15. The van der Waals surface area contributed by atoms with E-state index in [-0.39, 0.29) is 6.04 Å². The highest BCUT2D eigenvalue weighted by Gasteiger charge is 2.26. The van der Waals surface area contributed by atoms with E-state index in [4.69, 9.17) is 5.11 Å². The molecule has 0 aromatic carbocycles. The van der Waals surface area contributed by atoms with E-state index in [0.29, 0.717) is 6.54 Å². The van der Waals surface area contributed by atoms with Gasteiger partial charge in [0, 0.05) is 25.7 Å². The van der Waals surface area contributed by atoms with Gasteiger partial charge < -0.3 is 10.0 Å².